The number of nitrogens with one attached hydrogen (secondary N) is 4. The molecule has 4 aromatic heterocycles. The van der Waals surface area contributed by atoms with Crippen molar-refractivity contribution in [2.75, 3.05) is 75.6 Å². The molecule has 4 aromatic rings. The number of fused-ring (bicyclic) bond motifs is 2. The molecule has 16 atom stereocenters. The summed E-state index contributed by atoms with van der Waals surface area (Å²) < 4.78 is 122. The maximum absolute atomic E-state index is 12.7. The number of nitrogens with zero attached hydrogens (tertiary/aromatic N) is 8. The van der Waals surface area contributed by atoms with E-state index in [1.165, 1.54) is 21.6 Å². The van der Waals surface area contributed by atoms with Crippen LogP contribution in [-0.2, 0) is 91.8 Å². The number of imidazole rings is 2. The molecule has 0 aliphatic carbocycles. The number of phosphoric acid groups is 6. The standard InChI is InChI=1S/C42H70N14O32P6S2.Li/c1-41(2,15-81-93(75,76)87-91(71,72)79-13-21-29(85-89(65,66)67)27(59)39(83-21)55-19-53-25-33(43)49-17-51-35(25)55)31(61)37(63)47-7-5-23(57)45-9-11-95-96-12-10-46-24(58)6-8-48-38(64)32(62)42(3,4)16-82-94(77,78)88-92(73,74)80-14-22-30(86-90(68,69)70)28(60)40(84-22)56-20-54-26-34(44)50-18-52-36(26)56;/h17-22,27-32,39-40,59-62H,5-16H2,1-4H3,(H,45,57)(H,46,58)(H,47,63)(H,48,64)(H,71,72)(H,73,74)(H,75,76)(H,77,78)(H2,43,49,51)(H2,44,50,52)(H2,65,66,67)(H2,68,69,70);/q;+1/p-6. The Hall–Kier alpha value is -3.62. The molecule has 46 nitrogen and oxygen atoms in total. The fourth-order valence-electron chi connectivity index (χ4n) is 8.43. The van der Waals surface area contributed by atoms with Gasteiger partial charge in [-0.05, 0) is 0 Å². The van der Waals surface area contributed by atoms with Gasteiger partial charge in [0.1, 0.15) is 72.5 Å². The summed E-state index contributed by atoms with van der Waals surface area (Å²) in [5.41, 5.74) is 7.94. The van der Waals surface area contributed by atoms with E-state index in [1.807, 2.05) is 0 Å². The molecule has 0 radical (unpaired) electrons. The molecule has 542 valence electrons. The fourth-order valence-corrected chi connectivity index (χ4v) is 15.7. The largest absolute Gasteiger partial charge is 1.00 e. The molecule has 4 amide bonds. The van der Waals surface area contributed by atoms with E-state index in [9.17, 15) is 106 Å². The average molecular weight is 1530 g/mol. The number of aromatic nitrogens is 8. The van der Waals surface area contributed by atoms with E-state index in [0.29, 0.717) is 11.5 Å². The number of phosphoric ester groups is 6. The summed E-state index contributed by atoms with van der Waals surface area (Å²) >= 11 is 0. The van der Waals surface area contributed by atoms with Gasteiger partial charge in [0.15, 0.2) is 35.4 Å². The first kappa shape index (κ1) is 84.0. The molecule has 6 heterocycles. The Morgan fingerprint density at radius 2 is 0.918 bits per heavy atom. The van der Waals surface area contributed by atoms with Crippen molar-refractivity contribution in [3.05, 3.63) is 25.3 Å². The number of carbonyl (C=O) groups excluding carboxylic acids is 4. The number of anilines is 2. The summed E-state index contributed by atoms with van der Waals surface area (Å²) in [7, 11) is -32.5. The summed E-state index contributed by atoms with van der Waals surface area (Å²) in [6, 6.07) is 0. The molecule has 2 fully saturated rings. The average Bonchev–Trinajstić information content (AvgIpc) is 1.63. The van der Waals surface area contributed by atoms with Gasteiger partial charge in [0.2, 0.25) is 23.6 Å². The smallest absolute Gasteiger partial charge is 0.756 e. The van der Waals surface area contributed by atoms with Crippen LogP contribution in [0.25, 0.3) is 22.3 Å². The second-order valence-electron chi connectivity index (χ2n) is 21.7. The SMILES string of the molecule is CC(C)(COP(=O)([O-])OP(=O)([O-])OCC1OC(n2cnc3c(N)ncnc32)C(O)C1OP(=O)([O-])O)C(O)C(=O)NCCC(=O)NCCSSCCNC(=O)CCNC(=O)C(O)C(C)(C)COP(=O)([O-])OP(=O)([O-])OCC1OC(n2cnc3c(N)ncnc32)C(O)C1OP(=O)([O-])O.[Li+]. The van der Waals surface area contributed by atoms with Gasteiger partial charge in [-0.15, -0.1) is 0 Å². The van der Waals surface area contributed by atoms with Gasteiger partial charge in [0.25, 0.3) is 46.9 Å². The van der Waals surface area contributed by atoms with Gasteiger partial charge in [-0.2, -0.15) is 0 Å². The van der Waals surface area contributed by atoms with Crippen LogP contribution in [0.3, 0.4) is 0 Å². The van der Waals surface area contributed by atoms with Crippen LogP contribution < -0.4 is 81.0 Å². The van der Waals surface area contributed by atoms with E-state index in [-0.39, 0.29) is 91.8 Å². The van der Waals surface area contributed by atoms with Crippen LogP contribution in [0.4, 0.5) is 11.6 Å². The third-order valence-corrected chi connectivity index (χ3v) is 21.7. The Morgan fingerprint density at radius 1 is 0.577 bits per heavy atom. The fraction of sp³-hybridized carbons (Fsp3) is 0.667. The van der Waals surface area contributed by atoms with Crippen molar-refractivity contribution in [1.82, 2.24) is 60.3 Å². The second-order valence-corrected chi connectivity index (χ2v) is 32.6. The molecular formula is C42H64LiN14O32P6S2-5. The Kier molecular flexibility index (Phi) is 30.4. The maximum Gasteiger partial charge on any atom is 1.00 e. The number of ether oxygens (including phenoxy) is 2. The molecule has 0 aromatic carbocycles. The van der Waals surface area contributed by atoms with Crippen LogP contribution >= 0.6 is 68.5 Å². The molecule has 97 heavy (non-hydrogen) atoms. The minimum Gasteiger partial charge on any atom is -0.756 e. The second kappa shape index (κ2) is 35.0. The number of carbonyl (C=O) groups is 4. The number of aliphatic hydroxyl groups is 4. The van der Waals surface area contributed by atoms with Gasteiger partial charge < -0.3 is 129 Å². The molecular weight excluding hydrogens is 1470 g/mol. The van der Waals surface area contributed by atoms with Crippen molar-refractivity contribution in [3.63, 3.8) is 0 Å². The summed E-state index contributed by atoms with van der Waals surface area (Å²) in [5, 5.41) is 52.9. The topological polar surface area (TPSA) is 710 Å². The van der Waals surface area contributed by atoms with E-state index < -0.39 is 169 Å². The van der Waals surface area contributed by atoms with Crippen molar-refractivity contribution in [1.29, 1.82) is 0 Å². The quantitative estimate of drug-likeness (QED) is 0.00854. The minimum absolute atomic E-state index is 0. The summed E-state index contributed by atoms with van der Waals surface area (Å²) in [6.07, 6.45) is -15.6. The van der Waals surface area contributed by atoms with Gasteiger partial charge in [-0.1, -0.05) is 49.3 Å². The van der Waals surface area contributed by atoms with Crippen molar-refractivity contribution in [3.8, 4) is 0 Å². The molecule has 0 spiro atoms. The Labute approximate surface area is 567 Å². The molecule has 2 aliphatic rings. The molecule has 6 rings (SSSR count). The molecule has 0 saturated carbocycles. The molecule has 55 heteroatoms. The zero-order valence-corrected chi connectivity index (χ0v) is 58.1. The van der Waals surface area contributed by atoms with Gasteiger partial charge >= 0.3 is 18.9 Å². The van der Waals surface area contributed by atoms with E-state index in [2.05, 4.69) is 86.9 Å². The van der Waals surface area contributed by atoms with Crippen LogP contribution in [0.2, 0.25) is 0 Å². The number of aliphatic hydroxyl groups excluding tert-OH is 4. The first-order valence-corrected chi connectivity index (χ1v) is 38.6. The predicted molar refractivity (Wildman–Crippen MR) is 311 cm³/mol. The maximum atomic E-state index is 12.7. The van der Waals surface area contributed by atoms with Crippen molar-refractivity contribution < 1.29 is 170 Å². The monoisotopic (exact) mass is 1530 g/mol. The van der Waals surface area contributed by atoms with Gasteiger partial charge in [-0.25, -0.2) is 38.5 Å². The third kappa shape index (κ3) is 25.1. The van der Waals surface area contributed by atoms with Crippen molar-refractivity contribution in [2.45, 2.75) is 102 Å². The molecule has 0 bridgehead atoms. The van der Waals surface area contributed by atoms with Gasteiger partial charge in [-0.3, -0.25) is 55.7 Å². The number of amides is 4. The van der Waals surface area contributed by atoms with E-state index in [1.54, 1.807) is 0 Å². The zero-order chi connectivity index (χ0) is 71.6. The van der Waals surface area contributed by atoms with Crippen LogP contribution in [0.1, 0.15) is 53.0 Å². The first-order chi connectivity index (χ1) is 44.4. The predicted octanol–water partition coefficient (Wildman–Crippen LogP) is -9.58. The Morgan fingerprint density at radius 3 is 1.26 bits per heavy atom. The van der Waals surface area contributed by atoms with Crippen LogP contribution in [0, 0.1) is 10.8 Å². The van der Waals surface area contributed by atoms with Gasteiger partial charge in [0.05, 0.1) is 39.1 Å². The van der Waals surface area contributed by atoms with Gasteiger partial charge in [0, 0.05) is 61.4 Å². The zero-order valence-electron chi connectivity index (χ0n) is 51.1. The molecule has 14 N–H and O–H groups in total. The summed E-state index contributed by atoms with van der Waals surface area (Å²) in [6.45, 7) is -0.393. The number of nitrogen functional groups attached to an aromatic ring is 2. The van der Waals surface area contributed by atoms with Crippen molar-refractivity contribution >= 4 is 126 Å². The number of nitrogens with two attached hydrogens (primary N) is 2. The molecule has 2 aliphatic heterocycles. The number of hydrogen-bond acceptors (Lipinski definition) is 40. The Bertz CT molecular complexity index is 3460. The number of hydrogen-bond donors (Lipinski definition) is 12. The normalized spacial score (nSPS) is 24.3. The molecule has 16 unspecified atom stereocenters. The van der Waals surface area contributed by atoms with E-state index in [4.69, 9.17) is 20.9 Å². The minimum atomic E-state index is -5.98. The van der Waals surface area contributed by atoms with E-state index in [0.717, 1.165) is 62.1 Å². The number of rotatable bonds is 39. The first-order valence-electron chi connectivity index (χ1n) is 27.3. The summed E-state index contributed by atoms with van der Waals surface area (Å²) in [4.78, 5) is 166. The van der Waals surface area contributed by atoms with E-state index >= 15 is 0 Å². The van der Waals surface area contributed by atoms with Crippen LogP contribution in [-0.4, -0.2) is 206 Å². The molecule has 2 saturated heterocycles. The third-order valence-electron chi connectivity index (χ3n) is 13.2. The Balaban J connectivity index is 0.0000170. The van der Waals surface area contributed by atoms with Crippen LogP contribution in [0.5, 0.6) is 0 Å². The van der Waals surface area contributed by atoms with Crippen molar-refractivity contribution in [2.24, 2.45) is 10.8 Å². The van der Waals surface area contributed by atoms with Crippen LogP contribution in [0.15, 0.2) is 25.3 Å². The summed E-state index contributed by atoms with van der Waals surface area (Å²) in [5.74, 6) is -2.66.